The maximum atomic E-state index is 11.9. The van der Waals surface area contributed by atoms with Crippen molar-refractivity contribution in [3.05, 3.63) is 65.7 Å². The van der Waals surface area contributed by atoms with Crippen molar-refractivity contribution in [3.8, 4) is 11.5 Å². The highest BCUT2D eigenvalue weighted by molar-refractivity contribution is 5.91. The Bertz CT molecular complexity index is 735. The summed E-state index contributed by atoms with van der Waals surface area (Å²) in [4.78, 5) is 23.6. The van der Waals surface area contributed by atoms with E-state index in [2.05, 4.69) is 0 Å². The molecule has 124 valence electrons. The molecule has 0 unspecified atom stereocenters. The number of carbonyl (C=O) groups excluding carboxylic acids is 2. The van der Waals surface area contributed by atoms with Gasteiger partial charge in [-0.1, -0.05) is 30.3 Å². The minimum atomic E-state index is -0.541. The monoisotopic (exact) mass is 326 g/mol. The van der Waals surface area contributed by atoms with Gasteiger partial charge < -0.3 is 14.2 Å². The minimum Gasteiger partial charge on any atom is -0.493 e. The molecular weight excluding hydrogens is 308 g/mol. The lowest BCUT2D eigenvalue weighted by molar-refractivity contribution is -0.129. The van der Waals surface area contributed by atoms with Gasteiger partial charge in [-0.25, -0.2) is 9.59 Å². The molecule has 0 radical (unpaired) electrons. The van der Waals surface area contributed by atoms with Gasteiger partial charge in [0.05, 0.1) is 19.3 Å². The van der Waals surface area contributed by atoms with Crippen LogP contribution in [0.1, 0.15) is 22.8 Å². The van der Waals surface area contributed by atoms with E-state index in [1.807, 2.05) is 30.3 Å². The molecule has 0 bridgehead atoms. The molecule has 0 amide bonds. The molecule has 0 atom stereocenters. The molecule has 0 aliphatic heterocycles. The first-order valence-electron chi connectivity index (χ1n) is 7.44. The number of methoxy groups -OCH3 is 1. The van der Waals surface area contributed by atoms with E-state index in [1.165, 1.54) is 31.4 Å². The van der Waals surface area contributed by atoms with Gasteiger partial charge in [0.15, 0.2) is 11.5 Å². The molecule has 0 fully saturated rings. The van der Waals surface area contributed by atoms with Crippen LogP contribution in [0.2, 0.25) is 0 Å². The molecule has 0 N–H and O–H groups in total. The van der Waals surface area contributed by atoms with Gasteiger partial charge in [0.1, 0.15) is 0 Å². The van der Waals surface area contributed by atoms with Crippen LogP contribution in [0, 0.1) is 0 Å². The van der Waals surface area contributed by atoms with E-state index in [-0.39, 0.29) is 18.1 Å². The Balaban J connectivity index is 2.10. The number of ether oxygens (including phenoxy) is 3. The molecule has 0 aliphatic carbocycles. The van der Waals surface area contributed by atoms with Crippen molar-refractivity contribution >= 4 is 18.0 Å². The van der Waals surface area contributed by atoms with Crippen molar-refractivity contribution in [1.82, 2.24) is 0 Å². The maximum absolute atomic E-state index is 11.9. The first kappa shape index (κ1) is 17.3. The second-order valence-corrected chi connectivity index (χ2v) is 4.75. The quantitative estimate of drug-likeness (QED) is 0.462. The standard InChI is InChI=1S/C19H18O5/c1-3-23-19(21)15-10-11-16(17(13-15)22-2)24-18(20)12-9-14-7-5-4-6-8-14/h4-13H,3H2,1-2H3. The number of benzene rings is 2. The molecule has 24 heavy (non-hydrogen) atoms. The Hall–Kier alpha value is -3.08. The molecule has 0 heterocycles. The number of rotatable bonds is 6. The fourth-order valence-corrected chi connectivity index (χ4v) is 1.96. The van der Waals surface area contributed by atoms with Gasteiger partial charge in [-0.05, 0) is 36.8 Å². The number of hydrogen-bond acceptors (Lipinski definition) is 5. The van der Waals surface area contributed by atoms with Crippen LogP contribution < -0.4 is 9.47 Å². The van der Waals surface area contributed by atoms with Crippen LogP contribution >= 0.6 is 0 Å². The largest absolute Gasteiger partial charge is 0.493 e. The number of carbonyl (C=O) groups is 2. The van der Waals surface area contributed by atoms with E-state index in [0.29, 0.717) is 5.56 Å². The summed E-state index contributed by atoms with van der Waals surface area (Å²) in [6.07, 6.45) is 2.98. The Morgan fingerprint density at radius 3 is 2.46 bits per heavy atom. The Morgan fingerprint density at radius 1 is 1.04 bits per heavy atom. The molecular formula is C19H18O5. The molecule has 0 aliphatic rings. The highest BCUT2D eigenvalue weighted by Crippen LogP contribution is 2.28. The van der Waals surface area contributed by atoms with E-state index in [9.17, 15) is 9.59 Å². The third-order valence-electron chi connectivity index (χ3n) is 3.10. The predicted molar refractivity (Wildman–Crippen MR) is 90.1 cm³/mol. The average molecular weight is 326 g/mol. The van der Waals surface area contributed by atoms with Crippen molar-refractivity contribution < 1.29 is 23.8 Å². The predicted octanol–water partition coefficient (Wildman–Crippen LogP) is 3.49. The zero-order valence-corrected chi connectivity index (χ0v) is 13.5. The summed E-state index contributed by atoms with van der Waals surface area (Å²) in [6, 6.07) is 13.9. The lowest BCUT2D eigenvalue weighted by Crippen LogP contribution is -2.08. The van der Waals surface area contributed by atoms with Crippen molar-refractivity contribution in [3.63, 3.8) is 0 Å². The van der Waals surface area contributed by atoms with E-state index in [0.717, 1.165) is 5.56 Å². The maximum Gasteiger partial charge on any atom is 0.338 e. The first-order chi connectivity index (χ1) is 11.6. The summed E-state index contributed by atoms with van der Waals surface area (Å²) in [7, 11) is 1.43. The third kappa shape index (κ3) is 4.71. The van der Waals surface area contributed by atoms with Crippen LogP contribution in [0.25, 0.3) is 6.08 Å². The summed E-state index contributed by atoms with van der Waals surface area (Å²) < 4.78 is 15.3. The Labute approximate surface area is 140 Å². The van der Waals surface area contributed by atoms with Gasteiger partial charge in [0.2, 0.25) is 0 Å². The smallest absolute Gasteiger partial charge is 0.338 e. The fourth-order valence-electron chi connectivity index (χ4n) is 1.96. The Kier molecular flexibility index (Phi) is 6.14. The average Bonchev–Trinajstić information content (AvgIpc) is 2.61. The van der Waals surface area contributed by atoms with Crippen LogP contribution in [0.4, 0.5) is 0 Å². The van der Waals surface area contributed by atoms with Gasteiger partial charge >= 0.3 is 11.9 Å². The summed E-state index contributed by atoms with van der Waals surface area (Å²) in [5.41, 5.74) is 1.22. The van der Waals surface area contributed by atoms with Crippen LogP contribution in [0.15, 0.2) is 54.6 Å². The second kappa shape index (κ2) is 8.53. The van der Waals surface area contributed by atoms with Crippen molar-refractivity contribution in [2.75, 3.05) is 13.7 Å². The lowest BCUT2D eigenvalue weighted by Gasteiger charge is -2.09. The summed E-state index contributed by atoms with van der Waals surface area (Å²) in [5, 5.41) is 0. The lowest BCUT2D eigenvalue weighted by atomic mass is 10.2. The topological polar surface area (TPSA) is 61.8 Å². The SMILES string of the molecule is CCOC(=O)c1ccc(OC(=O)C=Cc2ccccc2)c(OC)c1. The summed E-state index contributed by atoms with van der Waals surface area (Å²) >= 11 is 0. The van der Waals surface area contributed by atoms with Crippen LogP contribution in [-0.4, -0.2) is 25.7 Å². The normalized spacial score (nSPS) is 10.4. The molecule has 0 aromatic heterocycles. The van der Waals surface area contributed by atoms with E-state index >= 15 is 0 Å². The van der Waals surface area contributed by atoms with E-state index < -0.39 is 11.9 Å². The van der Waals surface area contributed by atoms with Gasteiger partial charge in [0.25, 0.3) is 0 Å². The van der Waals surface area contributed by atoms with Crippen LogP contribution in [0.3, 0.4) is 0 Å². The highest BCUT2D eigenvalue weighted by atomic mass is 16.6. The zero-order valence-electron chi connectivity index (χ0n) is 13.5. The number of hydrogen-bond donors (Lipinski definition) is 0. The van der Waals surface area contributed by atoms with Crippen molar-refractivity contribution in [2.45, 2.75) is 6.92 Å². The summed E-state index contributed by atoms with van der Waals surface area (Å²) in [6.45, 7) is 2.01. The zero-order chi connectivity index (χ0) is 17.4. The van der Waals surface area contributed by atoms with Gasteiger partial charge in [-0.2, -0.15) is 0 Å². The second-order valence-electron chi connectivity index (χ2n) is 4.75. The van der Waals surface area contributed by atoms with Crippen LogP contribution in [0.5, 0.6) is 11.5 Å². The van der Waals surface area contributed by atoms with E-state index in [4.69, 9.17) is 14.2 Å². The molecule has 0 saturated heterocycles. The van der Waals surface area contributed by atoms with Gasteiger partial charge in [0, 0.05) is 6.08 Å². The fraction of sp³-hybridized carbons (Fsp3) is 0.158. The minimum absolute atomic E-state index is 0.230. The molecule has 2 rings (SSSR count). The Morgan fingerprint density at radius 2 is 1.79 bits per heavy atom. The number of esters is 2. The van der Waals surface area contributed by atoms with Gasteiger partial charge in [-0.3, -0.25) is 0 Å². The van der Waals surface area contributed by atoms with Crippen molar-refractivity contribution in [1.29, 1.82) is 0 Å². The molecule has 2 aromatic rings. The molecule has 0 spiro atoms. The summed E-state index contributed by atoms with van der Waals surface area (Å²) in [5.74, 6) is -0.492. The molecule has 0 saturated carbocycles. The molecule has 5 heteroatoms. The van der Waals surface area contributed by atoms with Crippen LogP contribution in [-0.2, 0) is 9.53 Å². The third-order valence-corrected chi connectivity index (χ3v) is 3.10. The molecule has 2 aromatic carbocycles. The van der Waals surface area contributed by atoms with Crippen molar-refractivity contribution in [2.24, 2.45) is 0 Å². The first-order valence-corrected chi connectivity index (χ1v) is 7.44. The highest BCUT2D eigenvalue weighted by Gasteiger charge is 2.13. The van der Waals surface area contributed by atoms with E-state index in [1.54, 1.807) is 13.0 Å². The van der Waals surface area contributed by atoms with Gasteiger partial charge in [-0.15, -0.1) is 0 Å². The molecule has 5 nitrogen and oxygen atoms in total.